The third-order valence-corrected chi connectivity index (χ3v) is 2.96. The second-order valence-corrected chi connectivity index (χ2v) is 4.09. The molecule has 0 aliphatic heterocycles. The van der Waals surface area contributed by atoms with Gasteiger partial charge in [0, 0.05) is 6.54 Å². The molecule has 2 rings (SSSR count). The van der Waals surface area contributed by atoms with Crippen molar-refractivity contribution in [1.29, 1.82) is 0 Å². The van der Waals surface area contributed by atoms with Gasteiger partial charge in [-0.15, -0.1) is 5.10 Å². The van der Waals surface area contributed by atoms with Crippen molar-refractivity contribution >= 4 is 5.97 Å². The van der Waals surface area contributed by atoms with E-state index in [0.717, 1.165) is 21.2 Å². The van der Waals surface area contributed by atoms with E-state index in [2.05, 4.69) is 5.10 Å². The second kappa shape index (κ2) is 5.09. The molecule has 100 valence electrons. The summed E-state index contributed by atoms with van der Waals surface area (Å²) in [5.41, 5.74) is 1.27. The van der Waals surface area contributed by atoms with E-state index in [9.17, 15) is 9.59 Å². The van der Waals surface area contributed by atoms with Crippen LogP contribution in [0.25, 0.3) is 5.69 Å². The van der Waals surface area contributed by atoms with Crippen LogP contribution in [0.2, 0.25) is 0 Å². The number of carboxylic acids is 1. The lowest BCUT2D eigenvalue weighted by molar-refractivity contribution is 0.0677. The Labute approximate surface area is 109 Å². The lowest BCUT2D eigenvalue weighted by Crippen LogP contribution is -2.24. The number of carbonyl (C=O) groups is 1. The Morgan fingerprint density at radius 1 is 1.26 bits per heavy atom. The molecule has 0 aliphatic rings. The van der Waals surface area contributed by atoms with E-state index in [4.69, 9.17) is 5.11 Å². The highest BCUT2D eigenvalue weighted by Crippen LogP contribution is 2.08. The van der Waals surface area contributed by atoms with Gasteiger partial charge in [0.15, 0.2) is 0 Å². The monoisotopic (exact) mass is 261 g/mol. The molecule has 0 saturated carbocycles. The van der Waals surface area contributed by atoms with Gasteiger partial charge in [-0.25, -0.2) is 9.59 Å². The quantitative estimate of drug-likeness (QED) is 0.900. The fourth-order valence-corrected chi connectivity index (χ4v) is 1.88. The molecule has 1 aromatic heterocycles. The number of aryl methyl sites for hydroxylation is 1. The molecule has 0 saturated heterocycles. The first-order valence-electron chi connectivity index (χ1n) is 6.11. The number of hydrogen-bond donors (Lipinski definition) is 1. The average Bonchev–Trinajstić information content (AvgIpc) is 2.76. The molecule has 19 heavy (non-hydrogen) atoms. The number of hydrogen-bond acceptors (Lipinski definition) is 3. The van der Waals surface area contributed by atoms with Crippen molar-refractivity contribution < 1.29 is 9.90 Å². The van der Waals surface area contributed by atoms with Crippen molar-refractivity contribution in [2.45, 2.75) is 26.8 Å². The van der Waals surface area contributed by atoms with Gasteiger partial charge in [0.1, 0.15) is 0 Å². The molecule has 0 unspecified atom stereocenters. The minimum Gasteiger partial charge on any atom is -0.475 e. The number of aromatic carboxylic acids is 1. The number of aromatic nitrogens is 3. The molecule has 6 nitrogen and oxygen atoms in total. The summed E-state index contributed by atoms with van der Waals surface area (Å²) < 4.78 is 2.25. The van der Waals surface area contributed by atoms with Gasteiger partial charge < -0.3 is 5.11 Å². The fraction of sp³-hybridized carbons (Fsp3) is 0.308. The lowest BCUT2D eigenvalue weighted by Gasteiger charge is -2.00. The second-order valence-electron chi connectivity index (χ2n) is 4.09. The number of carboxylic acid groups (broad SMARTS) is 1. The third-order valence-electron chi connectivity index (χ3n) is 2.96. The van der Waals surface area contributed by atoms with Crippen molar-refractivity contribution in [2.24, 2.45) is 0 Å². The third kappa shape index (κ3) is 2.29. The van der Waals surface area contributed by atoms with Crippen LogP contribution in [0.4, 0.5) is 0 Å². The molecule has 1 aromatic carbocycles. The predicted molar refractivity (Wildman–Crippen MR) is 69.8 cm³/mol. The van der Waals surface area contributed by atoms with E-state index < -0.39 is 11.7 Å². The molecule has 0 atom stereocenters. The van der Waals surface area contributed by atoms with Gasteiger partial charge >= 0.3 is 11.7 Å². The fourth-order valence-electron chi connectivity index (χ4n) is 1.88. The van der Waals surface area contributed by atoms with E-state index in [1.54, 1.807) is 19.1 Å². The van der Waals surface area contributed by atoms with Crippen LogP contribution in [0.15, 0.2) is 29.1 Å². The van der Waals surface area contributed by atoms with Gasteiger partial charge in [0.05, 0.1) is 5.69 Å². The first kappa shape index (κ1) is 13.1. The van der Waals surface area contributed by atoms with E-state index in [1.165, 1.54) is 0 Å². The summed E-state index contributed by atoms with van der Waals surface area (Å²) in [6.45, 7) is 4.02. The van der Waals surface area contributed by atoms with E-state index >= 15 is 0 Å². The zero-order valence-corrected chi connectivity index (χ0v) is 10.8. The number of rotatable bonds is 4. The molecule has 0 aliphatic carbocycles. The summed E-state index contributed by atoms with van der Waals surface area (Å²) in [6.07, 6.45) is 0.902. The Bertz CT molecular complexity index is 653. The summed E-state index contributed by atoms with van der Waals surface area (Å²) in [7, 11) is 0. The Kier molecular flexibility index (Phi) is 3.50. The first-order chi connectivity index (χ1) is 9.08. The predicted octanol–water partition coefficient (Wildman–Crippen LogP) is 1.31. The lowest BCUT2D eigenvalue weighted by atomic mass is 10.1. The van der Waals surface area contributed by atoms with E-state index in [-0.39, 0.29) is 12.4 Å². The van der Waals surface area contributed by atoms with Gasteiger partial charge in [-0.05, 0) is 31.0 Å². The van der Waals surface area contributed by atoms with Crippen molar-refractivity contribution in [3.8, 4) is 5.69 Å². The minimum absolute atomic E-state index is 0.243. The standard InChI is InChI=1S/C13H15N3O3/c1-3-9-5-7-10(8-6-9)16-13(19)15(4-2)11(14-16)12(17)18/h5-8H,3-4H2,1-2H3,(H,17,18). The average molecular weight is 261 g/mol. The summed E-state index contributed by atoms with van der Waals surface area (Å²) >= 11 is 0. The topological polar surface area (TPSA) is 77.1 Å². The maximum absolute atomic E-state index is 12.1. The summed E-state index contributed by atoms with van der Waals surface area (Å²) in [5.74, 6) is -1.45. The molecule has 6 heteroatoms. The first-order valence-corrected chi connectivity index (χ1v) is 6.11. The zero-order chi connectivity index (χ0) is 14.0. The Morgan fingerprint density at radius 3 is 2.32 bits per heavy atom. The van der Waals surface area contributed by atoms with Crippen molar-refractivity contribution in [1.82, 2.24) is 14.3 Å². The van der Waals surface area contributed by atoms with Crippen molar-refractivity contribution in [3.05, 3.63) is 46.1 Å². The molecule has 0 fully saturated rings. The zero-order valence-electron chi connectivity index (χ0n) is 10.8. The molecule has 1 N–H and O–H groups in total. The Balaban J connectivity index is 2.56. The van der Waals surface area contributed by atoms with Crippen LogP contribution in [-0.2, 0) is 13.0 Å². The maximum Gasteiger partial charge on any atom is 0.374 e. The summed E-state index contributed by atoms with van der Waals surface area (Å²) in [4.78, 5) is 23.1. The molecular weight excluding hydrogens is 246 g/mol. The van der Waals surface area contributed by atoms with Gasteiger partial charge in [-0.2, -0.15) is 4.68 Å². The van der Waals surface area contributed by atoms with Gasteiger partial charge in [0.25, 0.3) is 0 Å². The SMILES string of the molecule is CCc1ccc(-n2nc(C(=O)O)n(CC)c2=O)cc1. The molecular formula is C13H15N3O3. The molecule has 0 spiro atoms. The Morgan fingerprint density at radius 2 is 1.89 bits per heavy atom. The van der Waals surface area contributed by atoms with Crippen LogP contribution >= 0.6 is 0 Å². The highest BCUT2D eigenvalue weighted by Gasteiger charge is 2.18. The molecule has 0 bridgehead atoms. The molecule has 0 amide bonds. The molecule has 1 heterocycles. The van der Waals surface area contributed by atoms with Crippen LogP contribution in [-0.4, -0.2) is 25.4 Å². The maximum atomic E-state index is 12.1. The van der Waals surface area contributed by atoms with Gasteiger partial charge in [0.2, 0.25) is 5.82 Å². The molecule has 0 radical (unpaired) electrons. The number of benzene rings is 1. The van der Waals surface area contributed by atoms with E-state index in [0.29, 0.717) is 5.69 Å². The smallest absolute Gasteiger partial charge is 0.374 e. The van der Waals surface area contributed by atoms with Crippen molar-refractivity contribution in [3.63, 3.8) is 0 Å². The Hall–Kier alpha value is -2.37. The van der Waals surface area contributed by atoms with Crippen LogP contribution in [0, 0.1) is 0 Å². The van der Waals surface area contributed by atoms with Gasteiger partial charge in [-0.3, -0.25) is 4.57 Å². The van der Waals surface area contributed by atoms with Crippen LogP contribution < -0.4 is 5.69 Å². The summed E-state index contributed by atoms with van der Waals surface area (Å²) in [6, 6.07) is 7.32. The number of nitrogens with zero attached hydrogens (tertiary/aromatic N) is 3. The largest absolute Gasteiger partial charge is 0.475 e. The minimum atomic E-state index is -1.21. The molecule has 2 aromatic rings. The van der Waals surface area contributed by atoms with Crippen LogP contribution in [0.5, 0.6) is 0 Å². The highest BCUT2D eigenvalue weighted by molar-refractivity contribution is 5.83. The van der Waals surface area contributed by atoms with Gasteiger partial charge in [-0.1, -0.05) is 19.1 Å². The summed E-state index contributed by atoms with van der Waals surface area (Å²) in [5, 5.41) is 12.9. The highest BCUT2D eigenvalue weighted by atomic mass is 16.4. The van der Waals surface area contributed by atoms with Crippen LogP contribution in [0.1, 0.15) is 30.0 Å². The van der Waals surface area contributed by atoms with Crippen molar-refractivity contribution in [2.75, 3.05) is 0 Å². The van der Waals surface area contributed by atoms with Crippen LogP contribution in [0.3, 0.4) is 0 Å². The van der Waals surface area contributed by atoms with E-state index in [1.807, 2.05) is 19.1 Å². The normalized spacial score (nSPS) is 10.6.